The number of nitrogens with one attached hydrogen (secondary N) is 1. The third-order valence-corrected chi connectivity index (χ3v) is 5.42. The summed E-state index contributed by atoms with van der Waals surface area (Å²) in [5.74, 6) is 0. The van der Waals surface area contributed by atoms with E-state index in [0.29, 0.717) is 12.1 Å². The molecule has 0 saturated heterocycles. The number of rotatable bonds is 7. The Hall–Kier alpha value is -2.73. The molecule has 1 aromatic heterocycles. The first kappa shape index (κ1) is 22.0. The summed E-state index contributed by atoms with van der Waals surface area (Å²) in [5, 5.41) is 3.69. The maximum absolute atomic E-state index is 13.3. The highest BCUT2D eigenvalue weighted by atomic mass is 32.2. The van der Waals surface area contributed by atoms with Crippen molar-refractivity contribution in [2.75, 3.05) is 6.61 Å². The fourth-order valence-corrected chi connectivity index (χ4v) is 3.55. The van der Waals surface area contributed by atoms with Gasteiger partial charge >= 0.3 is 6.18 Å². The highest BCUT2D eigenvalue weighted by Crippen LogP contribution is 2.33. The molecule has 1 heterocycles. The number of alkyl halides is 3. The van der Waals surface area contributed by atoms with E-state index in [1.165, 1.54) is 24.3 Å². The first-order valence-electron chi connectivity index (χ1n) is 8.86. The lowest BCUT2D eigenvalue weighted by atomic mass is 10.1. The van der Waals surface area contributed by atoms with Crippen molar-refractivity contribution in [1.29, 1.82) is 0 Å². The van der Waals surface area contributed by atoms with E-state index in [9.17, 15) is 21.6 Å². The molecule has 0 fully saturated rings. The second-order valence-electron chi connectivity index (χ2n) is 6.24. The van der Waals surface area contributed by atoms with Crippen molar-refractivity contribution in [3.05, 3.63) is 65.9 Å². The number of halogens is 3. The quantitative estimate of drug-likeness (QED) is 0.550. The molecule has 0 aliphatic rings. The van der Waals surface area contributed by atoms with Gasteiger partial charge in [-0.3, -0.25) is 4.84 Å². The van der Waals surface area contributed by atoms with Crippen LogP contribution in [-0.2, 0) is 27.6 Å². The standard InChI is InChI=1S/C19H19F3N4O3S/c1-2-29-25-30(27,28)16-9-7-15(8-10-16)26-17(11-18(24-26)19(20,21)22)14-5-3-13(12-23)4-6-14/h3-11,25H,2,12,23H2,1H3. The van der Waals surface area contributed by atoms with Crippen LogP contribution in [0.3, 0.4) is 0 Å². The molecule has 3 N–H and O–H groups in total. The third kappa shape index (κ3) is 4.70. The summed E-state index contributed by atoms with van der Waals surface area (Å²) < 4.78 is 65.2. The van der Waals surface area contributed by atoms with Gasteiger partial charge in [0.05, 0.1) is 22.9 Å². The Morgan fingerprint density at radius 2 is 1.73 bits per heavy atom. The second-order valence-corrected chi connectivity index (χ2v) is 7.88. The van der Waals surface area contributed by atoms with Crippen LogP contribution in [0.2, 0.25) is 0 Å². The molecule has 0 spiro atoms. The average molecular weight is 440 g/mol. The Balaban J connectivity index is 2.05. The SMILES string of the molecule is CCONS(=O)(=O)c1ccc(-n2nc(C(F)(F)F)cc2-c2ccc(CN)cc2)cc1. The molecule has 0 amide bonds. The van der Waals surface area contributed by atoms with E-state index in [1.807, 2.05) is 4.89 Å². The number of hydrogen-bond donors (Lipinski definition) is 2. The predicted molar refractivity (Wildman–Crippen MR) is 104 cm³/mol. The van der Waals surface area contributed by atoms with E-state index in [2.05, 4.69) is 5.10 Å². The second kappa shape index (κ2) is 8.56. The minimum absolute atomic E-state index is 0.100. The highest BCUT2D eigenvalue weighted by Gasteiger charge is 2.35. The number of nitrogens with two attached hydrogens (primary N) is 1. The highest BCUT2D eigenvalue weighted by molar-refractivity contribution is 7.89. The Kier molecular flexibility index (Phi) is 6.27. The summed E-state index contributed by atoms with van der Waals surface area (Å²) in [4.78, 5) is 6.56. The Morgan fingerprint density at radius 3 is 2.27 bits per heavy atom. The van der Waals surface area contributed by atoms with Crippen molar-refractivity contribution in [3.8, 4) is 16.9 Å². The van der Waals surface area contributed by atoms with E-state index in [0.717, 1.165) is 16.3 Å². The summed E-state index contributed by atoms with van der Waals surface area (Å²) in [5.41, 5.74) is 6.31. The maximum Gasteiger partial charge on any atom is 0.435 e. The van der Waals surface area contributed by atoms with Gasteiger partial charge in [-0.2, -0.15) is 18.3 Å². The van der Waals surface area contributed by atoms with Gasteiger partial charge in [0.2, 0.25) is 0 Å². The largest absolute Gasteiger partial charge is 0.435 e. The van der Waals surface area contributed by atoms with Crippen molar-refractivity contribution in [3.63, 3.8) is 0 Å². The zero-order chi connectivity index (χ0) is 21.9. The molecule has 0 radical (unpaired) electrons. The molecule has 0 saturated carbocycles. The lowest BCUT2D eigenvalue weighted by Crippen LogP contribution is -2.23. The molecule has 0 bridgehead atoms. The zero-order valence-corrected chi connectivity index (χ0v) is 16.7. The van der Waals surface area contributed by atoms with Gasteiger partial charge in [-0.15, -0.1) is 0 Å². The fraction of sp³-hybridized carbons (Fsp3) is 0.211. The van der Waals surface area contributed by atoms with E-state index >= 15 is 0 Å². The lowest BCUT2D eigenvalue weighted by molar-refractivity contribution is -0.141. The van der Waals surface area contributed by atoms with Gasteiger partial charge in [0.15, 0.2) is 5.69 Å². The molecule has 0 atom stereocenters. The summed E-state index contributed by atoms with van der Waals surface area (Å²) in [6.07, 6.45) is -4.64. The molecule has 160 valence electrons. The monoisotopic (exact) mass is 440 g/mol. The van der Waals surface area contributed by atoms with Crippen LogP contribution in [0, 0.1) is 0 Å². The smallest absolute Gasteiger partial charge is 0.326 e. The average Bonchev–Trinajstić information content (AvgIpc) is 3.18. The van der Waals surface area contributed by atoms with Gasteiger partial charge in [-0.25, -0.2) is 13.1 Å². The minimum atomic E-state index is -4.64. The van der Waals surface area contributed by atoms with Gasteiger partial charge in [-0.1, -0.05) is 29.2 Å². The normalized spacial score (nSPS) is 12.3. The molecule has 3 rings (SSSR count). The van der Waals surface area contributed by atoms with Crippen LogP contribution >= 0.6 is 0 Å². The van der Waals surface area contributed by atoms with Gasteiger partial charge in [0.1, 0.15) is 0 Å². The van der Waals surface area contributed by atoms with E-state index < -0.39 is 21.9 Å². The zero-order valence-electron chi connectivity index (χ0n) is 15.8. The third-order valence-electron chi connectivity index (χ3n) is 4.19. The molecule has 30 heavy (non-hydrogen) atoms. The molecule has 0 aliphatic carbocycles. The number of benzene rings is 2. The van der Waals surface area contributed by atoms with Crippen LogP contribution < -0.4 is 10.6 Å². The fourth-order valence-electron chi connectivity index (χ4n) is 2.68. The van der Waals surface area contributed by atoms with Crippen molar-refractivity contribution in [2.24, 2.45) is 5.73 Å². The molecular formula is C19H19F3N4O3S. The Morgan fingerprint density at radius 1 is 1.10 bits per heavy atom. The van der Waals surface area contributed by atoms with Crippen molar-refractivity contribution < 1.29 is 26.4 Å². The van der Waals surface area contributed by atoms with Crippen molar-refractivity contribution >= 4 is 10.0 Å². The van der Waals surface area contributed by atoms with Crippen LogP contribution in [0.25, 0.3) is 16.9 Å². The predicted octanol–water partition coefficient (Wildman–Crippen LogP) is 3.25. The van der Waals surface area contributed by atoms with Crippen LogP contribution in [0.15, 0.2) is 59.5 Å². The van der Waals surface area contributed by atoms with Crippen LogP contribution in [0.4, 0.5) is 13.2 Å². The van der Waals surface area contributed by atoms with Crippen molar-refractivity contribution in [1.82, 2.24) is 14.7 Å². The van der Waals surface area contributed by atoms with Crippen molar-refractivity contribution in [2.45, 2.75) is 24.5 Å². The van der Waals surface area contributed by atoms with Gasteiger partial charge in [-0.05, 0) is 42.8 Å². The number of hydrogen-bond acceptors (Lipinski definition) is 5. The van der Waals surface area contributed by atoms with Crippen LogP contribution in [-0.4, -0.2) is 24.8 Å². The lowest BCUT2D eigenvalue weighted by Gasteiger charge is -2.10. The maximum atomic E-state index is 13.3. The Bertz CT molecular complexity index is 1110. The van der Waals surface area contributed by atoms with Gasteiger partial charge in [0, 0.05) is 12.1 Å². The molecule has 0 unspecified atom stereocenters. The number of sulfonamides is 1. The molecule has 11 heteroatoms. The summed E-state index contributed by atoms with van der Waals surface area (Å²) in [7, 11) is -3.90. The van der Waals surface area contributed by atoms with Crippen LogP contribution in [0.5, 0.6) is 0 Å². The van der Waals surface area contributed by atoms with Crippen LogP contribution in [0.1, 0.15) is 18.2 Å². The Labute approximate surface area is 171 Å². The first-order valence-corrected chi connectivity index (χ1v) is 10.3. The molecule has 7 nitrogen and oxygen atoms in total. The summed E-state index contributed by atoms with van der Waals surface area (Å²) in [6, 6.07) is 12.9. The van der Waals surface area contributed by atoms with E-state index in [1.54, 1.807) is 31.2 Å². The van der Waals surface area contributed by atoms with E-state index in [4.69, 9.17) is 10.6 Å². The molecular weight excluding hydrogens is 421 g/mol. The number of aromatic nitrogens is 2. The van der Waals surface area contributed by atoms with E-state index in [-0.39, 0.29) is 22.9 Å². The minimum Gasteiger partial charge on any atom is -0.326 e. The molecule has 2 aromatic carbocycles. The molecule has 3 aromatic rings. The number of nitrogens with zero attached hydrogens (tertiary/aromatic N) is 2. The molecule has 0 aliphatic heterocycles. The van der Waals surface area contributed by atoms with Gasteiger partial charge < -0.3 is 5.73 Å². The summed E-state index contributed by atoms with van der Waals surface area (Å²) >= 11 is 0. The summed E-state index contributed by atoms with van der Waals surface area (Å²) in [6.45, 7) is 2.05. The topological polar surface area (TPSA) is 99.2 Å². The first-order chi connectivity index (χ1) is 14.2. The van der Waals surface area contributed by atoms with Gasteiger partial charge in [0.25, 0.3) is 10.0 Å².